The predicted octanol–water partition coefficient (Wildman–Crippen LogP) is 2.09. The van der Waals surface area contributed by atoms with Crippen molar-refractivity contribution in [2.45, 2.75) is 25.8 Å². The van der Waals surface area contributed by atoms with Crippen LogP contribution >= 0.6 is 0 Å². The Bertz CT molecular complexity index is 442. The zero-order chi connectivity index (χ0) is 13.1. The number of aryl methyl sites for hydroxylation is 1. The Morgan fingerprint density at radius 3 is 2.72 bits per heavy atom. The summed E-state index contributed by atoms with van der Waals surface area (Å²) >= 11 is 0. The molecular formula is C13H18FN3O. The van der Waals surface area contributed by atoms with Gasteiger partial charge in [-0.2, -0.15) is 0 Å². The highest BCUT2D eigenvalue weighted by molar-refractivity contribution is 5.89. The number of nitrogens with one attached hydrogen (secondary N) is 1. The summed E-state index contributed by atoms with van der Waals surface area (Å²) < 4.78 is 13.3. The topological polar surface area (TPSA) is 58.4 Å². The number of hydrogen-bond donors (Lipinski definition) is 2. The molecule has 1 heterocycles. The highest BCUT2D eigenvalue weighted by Crippen LogP contribution is 2.15. The summed E-state index contributed by atoms with van der Waals surface area (Å²) in [5, 5.41) is 2.70. The van der Waals surface area contributed by atoms with Gasteiger partial charge in [0.05, 0.1) is 0 Å². The molecule has 4 nitrogen and oxygen atoms in total. The molecule has 0 aromatic heterocycles. The fourth-order valence-electron chi connectivity index (χ4n) is 1.98. The number of urea groups is 1. The lowest BCUT2D eigenvalue weighted by molar-refractivity contribution is 0.195. The average molecular weight is 251 g/mol. The standard InChI is InChI=1S/C13H18FN3O/c1-9-2-3-11(8-12(9)14)16-13(18)17-6-4-10(15)5-7-17/h2-3,8,10H,4-7,15H2,1H3,(H,16,18). The van der Waals surface area contributed by atoms with E-state index in [9.17, 15) is 9.18 Å². The summed E-state index contributed by atoms with van der Waals surface area (Å²) in [7, 11) is 0. The molecular weight excluding hydrogens is 233 g/mol. The molecule has 0 atom stereocenters. The van der Waals surface area contributed by atoms with Crippen LogP contribution in [0.1, 0.15) is 18.4 Å². The zero-order valence-electron chi connectivity index (χ0n) is 10.4. The fraction of sp³-hybridized carbons (Fsp3) is 0.462. The van der Waals surface area contributed by atoms with E-state index in [0.29, 0.717) is 24.3 Å². The van der Waals surface area contributed by atoms with Crippen LogP contribution in [0.3, 0.4) is 0 Å². The SMILES string of the molecule is Cc1ccc(NC(=O)N2CCC(N)CC2)cc1F. The third kappa shape index (κ3) is 2.98. The van der Waals surface area contributed by atoms with Crippen molar-refractivity contribution < 1.29 is 9.18 Å². The van der Waals surface area contributed by atoms with Crippen molar-refractivity contribution >= 4 is 11.7 Å². The number of anilines is 1. The average Bonchev–Trinajstić information content (AvgIpc) is 2.34. The van der Waals surface area contributed by atoms with Crippen LogP contribution < -0.4 is 11.1 Å². The first-order valence-electron chi connectivity index (χ1n) is 6.14. The number of carbonyl (C=O) groups excluding carboxylic acids is 1. The molecule has 3 N–H and O–H groups in total. The molecule has 2 rings (SSSR count). The Balaban J connectivity index is 1.96. The second-order valence-electron chi connectivity index (χ2n) is 4.72. The van der Waals surface area contributed by atoms with E-state index in [1.165, 1.54) is 6.07 Å². The molecule has 0 radical (unpaired) electrons. The van der Waals surface area contributed by atoms with Crippen molar-refractivity contribution in [2.24, 2.45) is 5.73 Å². The maximum absolute atomic E-state index is 13.3. The minimum Gasteiger partial charge on any atom is -0.328 e. The van der Waals surface area contributed by atoms with Gasteiger partial charge in [0.25, 0.3) is 0 Å². The van der Waals surface area contributed by atoms with Gasteiger partial charge in [0, 0.05) is 24.8 Å². The van der Waals surface area contributed by atoms with Gasteiger partial charge < -0.3 is 16.0 Å². The number of nitrogens with zero attached hydrogens (tertiary/aromatic N) is 1. The largest absolute Gasteiger partial charge is 0.328 e. The van der Waals surface area contributed by atoms with E-state index < -0.39 is 0 Å². The fourth-order valence-corrected chi connectivity index (χ4v) is 1.98. The lowest BCUT2D eigenvalue weighted by Gasteiger charge is -2.30. The van der Waals surface area contributed by atoms with Gasteiger partial charge in [-0.1, -0.05) is 6.07 Å². The molecule has 1 fully saturated rings. The second-order valence-corrected chi connectivity index (χ2v) is 4.72. The molecule has 5 heteroatoms. The van der Waals surface area contributed by atoms with Crippen LogP contribution in [0.25, 0.3) is 0 Å². The molecule has 0 saturated carbocycles. The lowest BCUT2D eigenvalue weighted by Crippen LogP contribution is -2.44. The Morgan fingerprint density at radius 1 is 1.44 bits per heavy atom. The van der Waals surface area contributed by atoms with Gasteiger partial charge in [-0.15, -0.1) is 0 Å². The predicted molar refractivity (Wildman–Crippen MR) is 68.9 cm³/mol. The number of benzene rings is 1. The molecule has 1 aliphatic rings. The maximum Gasteiger partial charge on any atom is 0.321 e. The Labute approximate surface area is 106 Å². The normalized spacial score (nSPS) is 16.7. The smallest absolute Gasteiger partial charge is 0.321 e. The van der Waals surface area contributed by atoms with Crippen molar-refractivity contribution in [1.82, 2.24) is 4.90 Å². The van der Waals surface area contributed by atoms with Crippen LogP contribution in [0.2, 0.25) is 0 Å². The minimum atomic E-state index is -0.312. The van der Waals surface area contributed by atoms with E-state index in [4.69, 9.17) is 5.73 Å². The van der Waals surface area contributed by atoms with Crippen molar-refractivity contribution in [3.8, 4) is 0 Å². The van der Waals surface area contributed by atoms with E-state index in [2.05, 4.69) is 5.32 Å². The summed E-state index contributed by atoms with van der Waals surface area (Å²) in [4.78, 5) is 13.6. The van der Waals surface area contributed by atoms with Crippen molar-refractivity contribution in [3.05, 3.63) is 29.6 Å². The van der Waals surface area contributed by atoms with Crippen LogP contribution in [0, 0.1) is 12.7 Å². The third-order valence-corrected chi connectivity index (χ3v) is 3.25. The molecule has 18 heavy (non-hydrogen) atoms. The number of rotatable bonds is 1. The van der Waals surface area contributed by atoms with Gasteiger partial charge in [0.2, 0.25) is 0 Å². The number of hydrogen-bond acceptors (Lipinski definition) is 2. The quantitative estimate of drug-likeness (QED) is 0.803. The highest BCUT2D eigenvalue weighted by atomic mass is 19.1. The van der Waals surface area contributed by atoms with Gasteiger partial charge in [-0.3, -0.25) is 0 Å². The number of likely N-dealkylation sites (tertiary alicyclic amines) is 1. The van der Waals surface area contributed by atoms with Gasteiger partial charge >= 0.3 is 6.03 Å². The summed E-state index contributed by atoms with van der Waals surface area (Å²) in [5.41, 5.74) is 6.83. The number of halogens is 1. The highest BCUT2D eigenvalue weighted by Gasteiger charge is 2.20. The van der Waals surface area contributed by atoms with Gasteiger partial charge in [-0.25, -0.2) is 9.18 Å². The Kier molecular flexibility index (Phi) is 3.81. The molecule has 0 unspecified atom stereocenters. The van der Waals surface area contributed by atoms with E-state index in [-0.39, 0.29) is 17.9 Å². The van der Waals surface area contributed by atoms with Crippen LogP contribution in [-0.4, -0.2) is 30.1 Å². The molecule has 0 spiro atoms. The third-order valence-electron chi connectivity index (χ3n) is 3.25. The van der Waals surface area contributed by atoms with Gasteiger partial charge in [0.1, 0.15) is 5.82 Å². The number of piperidine rings is 1. The van der Waals surface area contributed by atoms with E-state index in [1.54, 1.807) is 24.0 Å². The maximum atomic E-state index is 13.3. The van der Waals surface area contributed by atoms with Crippen LogP contribution in [-0.2, 0) is 0 Å². The molecule has 2 amide bonds. The first-order chi connectivity index (χ1) is 8.56. The monoisotopic (exact) mass is 251 g/mol. The first-order valence-corrected chi connectivity index (χ1v) is 6.14. The summed E-state index contributed by atoms with van der Waals surface area (Å²) in [6, 6.07) is 4.68. The van der Waals surface area contributed by atoms with Crippen molar-refractivity contribution in [2.75, 3.05) is 18.4 Å². The Morgan fingerprint density at radius 2 is 2.11 bits per heavy atom. The van der Waals surface area contributed by atoms with Crippen LogP contribution in [0.5, 0.6) is 0 Å². The van der Waals surface area contributed by atoms with Crippen molar-refractivity contribution in [3.63, 3.8) is 0 Å². The molecule has 0 bridgehead atoms. The summed E-state index contributed by atoms with van der Waals surface area (Å²) in [6.07, 6.45) is 1.63. The van der Waals surface area contributed by atoms with Crippen molar-refractivity contribution in [1.29, 1.82) is 0 Å². The van der Waals surface area contributed by atoms with Gasteiger partial charge in [-0.05, 0) is 37.5 Å². The molecule has 0 aliphatic carbocycles. The number of carbonyl (C=O) groups is 1. The van der Waals surface area contributed by atoms with Gasteiger partial charge in [0.15, 0.2) is 0 Å². The second kappa shape index (κ2) is 5.35. The number of amides is 2. The van der Waals surface area contributed by atoms with E-state index in [0.717, 1.165) is 12.8 Å². The van der Waals surface area contributed by atoms with E-state index >= 15 is 0 Å². The summed E-state index contributed by atoms with van der Waals surface area (Å²) in [6.45, 7) is 3.00. The minimum absolute atomic E-state index is 0.186. The Hall–Kier alpha value is -1.62. The summed E-state index contributed by atoms with van der Waals surface area (Å²) in [5.74, 6) is -0.312. The van der Waals surface area contributed by atoms with Crippen LogP contribution in [0.4, 0.5) is 14.9 Å². The van der Waals surface area contributed by atoms with E-state index in [1.807, 2.05) is 0 Å². The molecule has 1 aromatic carbocycles. The van der Waals surface area contributed by atoms with Crippen LogP contribution in [0.15, 0.2) is 18.2 Å². The molecule has 1 aromatic rings. The molecule has 1 aliphatic heterocycles. The zero-order valence-corrected chi connectivity index (χ0v) is 10.4. The number of nitrogens with two attached hydrogens (primary N) is 1. The molecule has 98 valence electrons. The molecule has 1 saturated heterocycles. The first kappa shape index (κ1) is 12.8. The lowest BCUT2D eigenvalue weighted by atomic mass is 10.1.